The third-order valence-corrected chi connectivity index (χ3v) is 4.33. The van der Waals surface area contributed by atoms with Crippen molar-refractivity contribution in [3.63, 3.8) is 0 Å². The van der Waals surface area contributed by atoms with E-state index in [1.165, 1.54) is 25.7 Å². The van der Waals surface area contributed by atoms with Gasteiger partial charge in [0, 0.05) is 0 Å². The van der Waals surface area contributed by atoms with Crippen molar-refractivity contribution in [2.24, 2.45) is 5.92 Å². The first kappa shape index (κ1) is 14.5. The van der Waals surface area contributed by atoms with Gasteiger partial charge in [0.25, 0.3) is 0 Å². The molecule has 20 heavy (non-hydrogen) atoms. The van der Waals surface area contributed by atoms with Gasteiger partial charge in [-0.05, 0) is 49.7 Å². The summed E-state index contributed by atoms with van der Waals surface area (Å²) in [5.74, 6) is 0.509. The molecule has 0 N–H and O–H groups in total. The first-order valence-corrected chi connectivity index (χ1v) is 7.30. The molecule has 1 aromatic carbocycles. The van der Waals surface area contributed by atoms with Crippen LogP contribution < -0.4 is 0 Å². The van der Waals surface area contributed by atoms with Crippen LogP contribution in [0.5, 0.6) is 0 Å². The predicted octanol–water partition coefficient (Wildman–Crippen LogP) is 5.32. The molecule has 1 aliphatic carbocycles. The van der Waals surface area contributed by atoms with Gasteiger partial charge in [-0.25, -0.2) is 9.24 Å². The van der Waals surface area contributed by atoms with Crippen LogP contribution in [0.2, 0.25) is 0 Å². The Labute approximate surface area is 120 Å². The lowest BCUT2D eigenvalue weighted by Crippen LogP contribution is -2.13. The second kappa shape index (κ2) is 6.53. The molecule has 1 fully saturated rings. The van der Waals surface area contributed by atoms with Crippen LogP contribution in [0.4, 0.5) is 10.1 Å². The van der Waals surface area contributed by atoms with E-state index in [0.29, 0.717) is 5.92 Å². The molecule has 0 radical (unpaired) electrons. The molecule has 0 spiro atoms. The molecule has 0 bridgehead atoms. The van der Waals surface area contributed by atoms with Crippen molar-refractivity contribution in [3.8, 4) is 6.07 Å². The highest BCUT2D eigenvalue weighted by Crippen LogP contribution is 2.39. The third kappa shape index (κ3) is 2.99. The summed E-state index contributed by atoms with van der Waals surface area (Å²) in [7, 11) is 0. The smallest absolute Gasteiger partial charge is 0.223 e. The number of rotatable bonds is 3. The van der Waals surface area contributed by atoms with Crippen molar-refractivity contribution in [2.75, 3.05) is 0 Å². The van der Waals surface area contributed by atoms with E-state index in [2.05, 4.69) is 11.8 Å². The molecule has 0 saturated heterocycles. The molecule has 1 aromatic rings. The van der Waals surface area contributed by atoms with Crippen LogP contribution in [0.15, 0.2) is 12.1 Å². The molecule has 1 aliphatic rings. The lowest BCUT2D eigenvalue weighted by Gasteiger charge is -2.29. The maximum Gasteiger partial charge on any atom is 0.223 e. The van der Waals surface area contributed by atoms with Gasteiger partial charge < -0.3 is 0 Å². The van der Waals surface area contributed by atoms with E-state index in [1.54, 1.807) is 12.1 Å². The van der Waals surface area contributed by atoms with Crippen molar-refractivity contribution >= 4 is 5.69 Å². The second-order valence-electron chi connectivity index (χ2n) is 5.63. The molecule has 0 aliphatic heterocycles. The number of hydrogen-bond donors (Lipinski definition) is 0. The molecular formula is C17H19FN2. The SMILES string of the molecule is [C-]#[N+]c1cc(C2CCC(CCC)CC2)cc(C#N)c1F. The minimum Gasteiger partial charge on any atom is -0.235 e. The molecule has 0 unspecified atom stereocenters. The van der Waals surface area contributed by atoms with E-state index in [0.717, 1.165) is 24.3 Å². The van der Waals surface area contributed by atoms with Crippen LogP contribution >= 0.6 is 0 Å². The minimum absolute atomic E-state index is 0.00387. The number of halogens is 1. The molecule has 0 aromatic heterocycles. The molecule has 1 saturated carbocycles. The first-order chi connectivity index (χ1) is 9.69. The second-order valence-corrected chi connectivity index (χ2v) is 5.63. The van der Waals surface area contributed by atoms with Crippen LogP contribution in [0.1, 0.15) is 62.5 Å². The van der Waals surface area contributed by atoms with Gasteiger partial charge in [-0.3, -0.25) is 0 Å². The van der Waals surface area contributed by atoms with Crippen molar-refractivity contribution in [2.45, 2.75) is 51.4 Å². The van der Waals surface area contributed by atoms with Crippen LogP contribution in [-0.2, 0) is 0 Å². The lowest BCUT2D eigenvalue weighted by atomic mass is 9.77. The highest BCUT2D eigenvalue weighted by molar-refractivity contribution is 5.55. The van der Waals surface area contributed by atoms with Crippen LogP contribution in [-0.4, -0.2) is 0 Å². The molecular weight excluding hydrogens is 251 g/mol. The molecule has 104 valence electrons. The summed E-state index contributed by atoms with van der Waals surface area (Å²) in [5.41, 5.74) is 0.947. The van der Waals surface area contributed by atoms with Crippen LogP contribution in [0.25, 0.3) is 4.85 Å². The zero-order valence-corrected chi connectivity index (χ0v) is 11.8. The summed E-state index contributed by atoms with van der Waals surface area (Å²) in [6.07, 6.45) is 7.08. The minimum atomic E-state index is -0.675. The first-order valence-electron chi connectivity index (χ1n) is 7.30. The summed E-state index contributed by atoms with van der Waals surface area (Å²) in [5, 5.41) is 8.98. The average Bonchev–Trinajstić information content (AvgIpc) is 2.49. The summed E-state index contributed by atoms with van der Waals surface area (Å²) in [6.45, 7) is 9.24. The molecule has 0 atom stereocenters. The Morgan fingerprint density at radius 1 is 1.35 bits per heavy atom. The fourth-order valence-electron chi connectivity index (χ4n) is 3.22. The molecule has 0 heterocycles. The zero-order chi connectivity index (χ0) is 14.5. The van der Waals surface area contributed by atoms with Gasteiger partial charge in [0.1, 0.15) is 11.9 Å². The number of benzene rings is 1. The van der Waals surface area contributed by atoms with Crippen molar-refractivity contribution in [3.05, 3.63) is 40.5 Å². The van der Waals surface area contributed by atoms with Gasteiger partial charge in [-0.15, -0.1) is 0 Å². The summed E-state index contributed by atoms with van der Waals surface area (Å²) >= 11 is 0. The van der Waals surface area contributed by atoms with Crippen LogP contribution in [0.3, 0.4) is 0 Å². The van der Waals surface area contributed by atoms with E-state index >= 15 is 0 Å². The fraction of sp³-hybridized carbons (Fsp3) is 0.529. The quantitative estimate of drug-likeness (QED) is 0.683. The van der Waals surface area contributed by atoms with Gasteiger partial charge >= 0.3 is 0 Å². The zero-order valence-electron chi connectivity index (χ0n) is 11.8. The predicted molar refractivity (Wildman–Crippen MR) is 77.0 cm³/mol. The van der Waals surface area contributed by atoms with Gasteiger partial charge in [0.05, 0.1) is 12.1 Å². The summed E-state index contributed by atoms with van der Waals surface area (Å²) in [4.78, 5) is 3.20. The number of nitrogens with zero attached hydrogens (tertiary/aromatic N) is 2. The van der Waals surface area contributed by atoms with Gasteiger partial charge in [-0.2, -0.15) is 5.26 Å². The highest BCUT2D eigenvalue weighted by Gasteiger charge is 2.23. The summed E-state index contributed by atoms with van der Waals surface area (Å²) < 4.78 is 13.7. The standard InChI is InChI=1S/C17H19FN2/c1-3-4-12-5-7-13(8-6-12)14-9-15(11-19)17(18)16(10-14)20-2/h9-10,12-13H,3-8H2,1H3. The van der Waals surface area contributed by atoms with E-state index in [9.17, 15) is 4.39 Å². The Morgan fingerprint density at radius 2 is 2.05 bits per heavy atom. The van der Waals surface area contributed by atoms with Crippen molar-refractivity contribution < 1.29 is 4.39 Å². The Bertz CT molecular complexity index is 522. The van der Waals surface area contributed by atoms with Crippen molar-refractivity contribution in [1.82, 2.24) is 0 Å². The highest BCUT2D eigenvalue weighted by atomic mass is 19.1. The molecule has 2 nitrogen and oxygen atoms in total. The Balaban J connectivity index is 2.19. The normalized spacial score (nSPS) is 22.0. The Kier molecular flexibility index (Phi) is 4.74. The fourth-order valence-corrected chi connectivity index (χ4v) is 3.22. The van der Waals surface area contributed by atoms with Crippen molar-refractivity contribution in [1.29, 1.82) is 5.26 Å². The number of nitriles is 1. The van der Waals surface area contributed by atoms with E-state index < -0.39 is 5.82 Å². The summed E-state index contributed by atoms with van der Waals surface area (Å²) in [6, 6.07) is 5.13. The largest absolute Gasteiger partial charge is 0.235 e. The van der Waals surface area contributed by atoms with E-state index in [1.807, 2.05) is 6.07 Å². The number of hydrogen-bond acceptors (Lipinski definition) is 1. The molecule has 0 amide bonds. The lowest BCUT2D eigenvalue weighted by molar-refractivity contribution is 0.308. The maximum atomic E-state index is 13.7. The third-order valence-electron chi connectivity index (χ3n) is 4.33. The van der Waals surface area contributed by atoms with Gasteiger partial charge in [0.15, 0.2) is 0 Å². The average molecular weight is 270 g/mol. The Hall–Kier alpha value is -1.87. The van der Waals surface area contributed by atoms with Gasteiger partial charge in [0.2, 0.25) is 5.69 Å². The van der Waals surface area contributed by atoms with Gasteiger partial charge in [-0.1, -0.05) is 25.3 Å². The Morgan fingerprint density at radius 3 is 2.60 bits per heavy atom. The topological polar surface area (TPSA) is 28.1 Å². The molecule has 3 heteroatoms. The van der Waals surface area contributed by atoms with E-state index in [-0.39, 0.29) is 11.3 Å². The molecule has 2 rings (SSSR count). The van der Waals surface area contributed by atoms with Crippen LogP contribution in [0, 0.1) is 29.6 Å². The van der Waals surface area contributed by atoms with E-state index in [4.69, 9.17) is 11.8 Å². The monoisotopic (exact) mass is 270 g/mol. The maximum absolute atomic E-state index is 13.7.